The minimum Gasteiger partial charge on any atom is -0.359 e. The van der Waals surface area contributed by atoms with Gasteiger partial charge in [0.2, 0.25) is 11.8 Å². The van der Waals surface area contributed by atoms with Gasteiger partial charge in [-0.2, -0.15) is 0 Å². The fraction of sp³-hybridized carbons (Fsp3) is 0.556. The molecule has 2 rings (SSSR count). The third kappa shape index (κ3) is 5.51. The van der Waals surface area contributed by atoms with Gasteiger partial charge in [0.25, 0.3) is 0 Å². The Morgan fingerprint density at radius 1 is 1.05 bits per heavy atom. The number of hydrogen-bond donors (Lipinski definition) is 2. The second-order valence-corrected chi connectivity index (χ2v) is 6.14. The fourth-order valence-electron chi connectivity index (χ4n) is 3.01. The molecule has 0 saturated heterocycles. The molecule has 4 heteroatoms. The van der Waals surface area contributed by atoms with Crippen LogP contribution in [0.15, 0.2) is 24.3 Å². The van der Waals surface area contributed by atoms with Crippen molar-refractivity contribution < 1.29 is 9.59 Å². The van der Waals surface area contributed by atoms with E-state index in [1.165, 1.54) is 32.1 Å². The van der Waals surface area contributed by atoms with E-state index in [2.05, 4.69) is 10.6 Å². The molecule has 0 radical (unpaired) electrons. The summed E-state index contributed by atoms with van der Waals surface area (Å²) < 4.78 is 0. The Hall–Kier alpha value is -1.84. The van der Waals surface area contributed by atoms with E-state index < -0.39 is 0 Å². The van der Waals surface area contributed by atoms with Crippen LogP contribution in [-0.2, 0) is 16.0 Å². The van der Waals surface area contributed by atoms with Crippen molar-refractivity contribution in [2.24, 2.45) is 5.92 Å². The predicted molar refractivity (Wildman–Crippen MR) is 88.7 cm³/mol. The summed E-state index contributed by atoms with van der Waals surface area (Å²) in [6.45, 7) is 0. The highest BCUT2D eigenvalue weighted by molar-refractivity contribution is 5.90. The zero-order valence-corrected chi connectivity index (χ0v) is 13.4. The number of benzene rings is 1. The number of nitrogens with one attached hydrogen (secondary N) is 2. The maximum Gasteiger partial charge on any atom is 0.224 e. The van der Waals surface area contributed by atoms with E-state index in [0.29, 0.717) is 12.8 Å². The number of carbonyl (C=O) groups is 2. The minimum atomic E-state index is -0.00994. The SMILES string of the molecule is CNC(=O)Cc1ccc(NC(=O)CCC2CCCCC2)cc1. The maximum absolute atomic E-state index is 12.0. The van der Waals surface area contributed by atoms with Gasteiger partial charge < -0.3 is 10.6 Å². The molecule has 0 bridgehead atoms. The highest BCUT2D eigenvalue weighted by Gasteiger charge is 2.14. The Labute approximate surface area is 132 Å². The molecule has 0 unspecified atom stereocenters. The van der Waals surface area contributed by atoms with Gasteiger partial charge in [0.15, 0.2) is 0 Å². The van der Waals surface area contributed by atoms with E-state index in [1.54, 1.807) is 7.05 Å². The lowest BCUT2D eigenvalue weighted by molar-refractivity contribution is -0.120. The Kier molecular flexibility index (Phi) is 6.44. The first-order chi connectivity index (χ1) is 10.7. The first-order valence-electron chi connectivity index (χ1n) is 8.27. The smallest absolute Gasteiger partial charge is 0.224 e. The number of hydrogen-bond acceptors (Lipinski definition) is 2. The van der Waals surface area contributed by atoms with Crippen molar-refractivity contribution in [2.45, 2.75) is 51.4 Å². The van der Waals surface area contributed by atoms with E-state index in [-0.39, 0.29) is 11.8 Å². The Bertz CT molecular complexity index is 490. The number of carbonyl (C=O) groups excluding carboxylic acids is 2. The molecular weight excluding hydrogens is 276 g/mol. The van der Waals surface area contributed by atoms with Gasteiger partial charge in [0.1, 0.15) is 0 Å². The van der Waals surface area contributed by atoms with Crippen LogP contribution in [-0.4, -0.2) is 18.9 Å². The van der Waals surface area contributed by atoms with Crippen LogP contribution in [0.5, 0.6) is 0 Å². The van der Waals surface area contributed by atoms with Crippen LogP contribution in [0, 0.1) is 5.92 Å². The molecule has 0 heterocycles. The van der Waals surface area contributed by atoms with Crippen molar-refractivity contribution in [3.63, 3.8) is 0 Å². The van der Waals surface area contributed by atoms with Crippen molar-refractivity contribution in [1.29, 1.82) is 0 Å². The molecular formula is C18H26N2O2. The van der Waals surface area contributed by atoms with Crippen LogP contribution in [0.25, 0.3) is 0 Å². The van der Waals surface area contributed by atoms with E-state index in [0.717, 1.165) is 23.6 Å². The quantitative estimate of drug-likeness (QED) is 0.847. The molecule has 0 aliphatic heterocycles. The van der Waals surface area contributed by atoms with Crippen molar-refractivity contribution in [3.05, 3.63) is 29.8 Å². The first-order valence-corrected chi connectivity index (χ1v) is 8.27. The Morgan fingerprint density at radius 3 is 2.36 bits per heavy atom. The number of amides is 2. The summed E-state index contributed by atoms with van der Waals surface area (Å²) in [5, 5.41) is 5.54. The van der Waals surface area contributed by atoms with Gasteiger partial charge in [-0.05, 0) is 30.0 Å². The third-order valence-electron chi connectivity index (χ3n) is 4.39. The van der Waals surface area contributed by atoms with Crippen LogP contribution in [0.2, 0.25) is 0 Å². The summed E-state index contributed by atoms with van der Waals surface area (Å²) in [5.74, 6) is 0.809. The van der Waals surface area contributed by atoms with Gasteiger partial charge in [0, 0.05) is 19.2 Å². The Morgan fingerprint density at radius 2 is 1.73 bits per heavy atom. The zero-order chi connectivity index (χ0) is 15.8. The topological polar surface area (TPSA) is 58.2 Å². The van der Waals surface area contributed by atoms with E-state index >= 15 is 0 Å². The molecule has 1 aromatic rings. The minimum absolute atomic E-state index is 0.00994. The van der Waals surface area contributed by atoms with Gasteiger partial charge in [-0.25, -0.2) is 0 Å². The molecule has 0 spiro atoms. The average Bonchev–Trinajstić information content (AvgIpc) is 2.55. The highest BCUT2D eigenvalue weighted by Crippen LogP contribution is 2.27. The molecule has 0 aromatic heterocycles. The molecule has 4 nitrogen and oxygen atoms in total. The lowest BCUT2D eigenvalue weighted by atomic mass is 9.86. The molecule has 22 heavy (non-hydrogen) atoms. The average molecular weight is 302 g/mol. The van der Waals surface area contributed by atoms with E-state index in [9.17, 15) is 9.59 Å². The molecule has 0 atom stereocenters. The monoisotopic (exact) mass is 302 g/mol. The summed E-state index contributed by atoms with van der Waals surface area (Å²) in [6, 6.07) is 7.48. The predicted octanol–water partition coefficient (Wildman–Crippen LogP) is 3.27. The van der Waals surface area contributed by atoms with Gasteiger partial charge in [-0.15, -0.1) is 0 Å². The molecule has 120 valence electrons. The molecule has 2 N–H and O–H groups in total. The van der Waals surface area contributed by atoms with Gasteiger partial charge in [0.05, 0.1) is 6.42 Å². The number of rotatable bonds is 6. The van der Waals surface area contributed by atoms with Crippen LogP contribution in [0.1, 0.15) is 50.5 Å². The second-order valence-electron chi connectivity index (χ2n) is 6.14. The van der Waals surface area contributed by atoms with Crippen molar-refractivity contribution in [1.82, 2.24) is 5.32 Å². The molecule has 1 fully saturated rings. The largest absolute Gasteiger partial charge is 0.359 e. The van der Waals surface area contributed by atoms with Crippen LogP contribution in [0.4, 0.5) is 5.69 Å². The summed E-state index contributed by atoms with van der Waals surface area (Å²) in [5.41, 5.74) is 1.74. The lowest BCUT2D eigenvalue weighted by Gasteiger charge is -2.21. The summed E-state index contributed by atoms with van der Waals surface area (Å²) >= 11 is 0. The third-order valence-corrected chi connectivity index (χ3v) is 4.39. The Balaban J connectivity index is 1.75. The molecule has 1 aromatic carbocycles. The lowest BCUT2D eigenvalue weighted by Crippen LogP contribution is -2.19. The standard InChI is InChI=1S/C18H26N2O2/c1-19-18(22)13-15-7-10-16(11-8-15)20-17(21)12-9-14-5-3-2-4-6-14/h7-8,10-11,14H,2-6,9,12-13H2,1H3,(H,19,22)(H,20,21). The summed E-state index contributed by atoms with van der Waals surface area (Å²) in [4.78, 5) is 23.3. The van der Waals surface area contributed by atoms with Gasteiger partial charge >= 0.3 is 0 Å². The van der Waals surface area contributed by atoms with Crippen molar-refractivity contribution in [3.8, 4) is 0 Å². The van der Waals surface area contributed by atoms with Crippen LogP contribution in [0.3, 0.4) is 0 Å². The normalized spacial score (nSPS) is 15.3. The summed E-state index contributed by atoms with van der Waals surface area (Å²) in [6.07, 6.45) is 8.52. The van der Waals surface area contributed by atoms with Gasteiger partial charge in [-0.1, -0.05) is 44.2 Å². The first kappa shape index (κ1) is 16.5. The highest BCUT2D eigenvalue weighted by atomic mass is 16.2. The maximum atomic E-state index is 12.0. The number of anilines is 1. The second kappa shape index (κ2) is 8.57. The zero-order valence-electron chi connectivity index (χ0n) is 13.4. The fourth-order valence-corrected chi connectivity index (χ4v) is 3.01. The van der Waals surface area contributed by atoms with Crippen molar-refractivity contribution in [2.75, 3.05) is 12.4 Å². The summed E-state index contributed by atoms with van der Waals surface area (Å²) in [7, 11) is 1.63. The van der Waals surface area contributed by atoms with Crippen molar-refractivity contribution >= 4 is 17.5 Å². The van der Waals surface area contributed by atoms with E-state index in [1.807, 2.05) is 24.3 Å². The molecule has 1 aliphatic rings. The van der Waals surface area contributed by atoms with Gasteiger partial charge in [-0.3, -0.25) is 9.59 Å². The van der Waals surface area contributed by atoms with E-state index in [4.69, 9.17) is 0 Å². The van der Waals surface area contributed by atoms with Crippen LogP contribution >= 0.6 is 0 Å². The van der Waals surface area contributed by atoms with Crippen LogP contribution < -0.4 is 10.6 Å². The molecule has 2 amide bonds. The molecule has 1 aliphatic carbocycles. The molecule has 1 saturated carbocycles. The number of likely N-dealkylation sites (N-methyl/N-ethyl adjacent to an activating group) is 1.